The Hall–Kier alpha value is -2.48. The molecule has 0 fully saturated rings. The average molecular weight is 261 g/mol. The Kier molecular flexibility index (Phi) is 5.96. The maximum absolute atomic E-state index is 11.4. The van der Waals surface area contributed by atoms with E-state index in [1.807, 2.05) is 30.3 Å². The number of carboxylic acids is 1. The molecule has 0 aliphatic carbocycles. The summed E-state index contributed by atoms with van der Waals surface area (Å²) in [4.78, 5) is 22.3. The van der Waals surface area contributed by atoms with Crippen molar-refractivity contribution in [3.63, 3.8) is 0 Å². The maximum atomic E-state index is 11.4. The van der Waals surface area contributed by atoms with E-state index in [2.05, 4.69) is 17.2 Å². The largest absolute Gasteiger partial charge is 0.480 e. The smallest absolute Gasteiger partial charge is 0.408 e. The first-order chi connectivity index (χ1) is 9.13. The third-order valence-electron chi connectivity index (χ3n) is 2.29. The van der Waals surface area contributed by atoms with E-state index < -0.39 is 18.1 Å². The van der Waals surface area contributed by atoms with E-state index in [4.69, 9.17) is 9.84 Å². The summed E-state index contributed by atoms with van der Waals surface area (Å²) in [5.74, 6) is 4.05. The number of amides is 1. The lowest BCUT2D eigenvalue weighted by atomic mass is 10.2. The molecular weight excluding hydrogens is 246 g/mol. The quantitative estimate of drug-likeness (QED) is 0.792. The fourth-order valence-corrected chi connectivity index (χ4v) is 1.31. The van der Waals surface area contributed by atoms with Gasteiger partial charge in [0, 0.05) is 6.42 Å². The van der Waals surface area contributed by atoms with E-state index in [1.54, 1.807) is 6.92 Å². The van der Waals surface area contributed by atoms with E-state index >= 15 is 0 Å². The van der Waals surface area contributed by atoms with Crippen LogP contribution in [0.1, 0.15) is 18.9 Å². The van der Waals surface area contributed by atoms with Gasteiger partial charge in [0.1, 0.15) is 12.6 Å². The number of hydrogen-bond donors (Lipinski definition) is 2. The molecule has 5 nitrogen and oxygen atoms in total. The minimum Gasteiger partial charge on any atom is -0.480 e. The third kappa shape index (κ3) is 5.59. The number of nitrogens with one attached hydrogen (secondary N) is 1. The minimum atomic E-state index is -1.14. The van der Waals surface area contributed by atoms with Gasteiger partial charge in [-0.2, -0.15) is 0 Å². The van der Waals surface area contributed by atoms with Crippen LogP contribution in [0.2, 0.25) is 0 Å². The van der Waals surface area contributed by atoms with Crippen molar-refractivity contribution >= 4 is 12.1 Å². The van der Waals surface area contributed by atoms with Crippen LogP contribution in [0.25, 0.3) is 0 Å². The highest BCUT2D eigenvalue weighted by Gasteiger charge is 2.19. The zero-order chi connectivity index (χ0) is 14.1. The van der Waals surface area contributed by atoms with Crippen molar-refractivity contribution in [1.29, 1.82) is 0 Å². The van der Waals surface area contributed by atoms with Crippen LogP contribution in [0.15, 0.2) is 30.3 Å². The molecule has 0 saturated carbocycles. The van der Waals surface area contributed by atoms with Gasteiger partial charge in [0.25, 0.3) is 0 Å². The molecule has 5 heteroatoms. The second kappa shape index (κ2) is 7.77. The molecule has 1 aromatic rings. The lowest BCUT2D eigenvalue weighted by Gasteiger charge is -2.12. The van der Waals surface area contributed by atoms with Crippen molar-refractivity contribution in [3.8, 4) is 11.8 Å². The number of alkyl carbamates (subject to hydrolysis) is 1. The fourth-order valence-electron chi connectivity index (χ4n) is 1.31. The van der Waals surface area contributed by atoms with Gasteiger partial charge in [-0.15, -0.1) is 11.8 Å². The number of carbonyl (C=O) groups is 2. The number of rotatable bonds is 5. The van der Waals surface area contributed by atoms with Crippen LogP contribution in [0, 0.1) is 11.8 Å². The van der Waals surface area contributed by atoms with Crippen LogP contribution in [0.3, 0.4) is 0 Å². The molecule has 1 atom stereocenters. The number of benzene rings is 1. The normalized spacial score (nSPS) is 10.8. The number of carboxylic acid groups (broad SMARTS) is 1. The summed E-state index contributed by atoms with van der Waals surface area (Å²) in [5.41, 5.74) is 0.831. The molecule has 1 rings (SSSR count). The van der Waals surface area contributed by atoms with Gasteiger partial charge in [-0.25, -0.2) is 9.59 Å². The van der Waals surface area contributed by atoms with Gasteiger partial charge in [0.15, 0.2) is 0 Å². The number of ether oxygens (including phenoxy) is 1. The first kappa shape index (κ1) is 14.6. The van der Waals surface area contributed by atoms with Crippen molar-refractivity contribution in [2.75, 3.05) is 0 Å². The Labute approximate surface area is 111 Å². The second-order valence-electron chi connectivity index (χ2n) is 3.73. The predicted molar refractivity (Wildman–Crippen MR) is 69.3 cm³/mol. The average Bonchev–Trinajstić information content (AvgIpc) is 2.42. The predicted octanol–water partition coefficient (Wildman–Crippen LogP) is 1.78. The van der Waals surface area contributed by atoms with Crippen molar-refractivity contribution in [3.05, 3.63) is 35.9 Å². The van der Waals surface area contributed by atoms with Gasteiger partial charge in [-0.3, -0.25) is 0 Å². The van der Waals surface area contributed by atoms with Crippen LogP contribution < -0.4 is 5.32 Å². The molecule has 19 heavy (non-hydrogen) atoms. The van der Waals surface area contributed by atoms with Gasteiger partial charge in [0.05, 0.1) is 0 Å². The highest BCUT2D eigenvalue weighted by atomic mass is 16.5. The van der Waals surface area contributed by atoms with Crippen LogP contribution in [-0.2, 0) is 16.1 Å². The molecule has 2 N–H and O–H groups in total. The van der Waals surface area contributed by atoms with Gasteiger partial charge < -0.3 is 15.2 Å². The van der Waals surface area contributed by atoms with E-state index in [9.17, 15) is 9.59 Å². The summed E-state index contributed by atoms with van der Waals surface area (Å²) < 4.78 is 4.93. The molecule has 100 valence electrons. The van der Waals surface area contributed by atoms with Crippen LogP contribution in [0.4, 0.5) is 4.79 Å². The topological polar surface area (TPSA) is 75.6 Å². The molecule has 0 aromatic heterocycles. The summed E-state index contributed by atoms with van der Waals surface area (Å²) in [6, 6.07) is 8.07. The van der Waals surface area contributed by atoms with Crippen LogP contribution in [-0.4, -0.2) is 23.2 Å². The lowest BCUT2D eigenvalue weighted by molar-refractivity contribution is -0.139. The van der Waals surface area contributed by atoms with Crippen LogP contribution >= 0.6 is 0 Å². The molecular formula is C14H15NO4. The summed E-state index contributed by atoms with van der Waals surface area (Å²) in [7, 11) is 0. The molecule has 0 aliphatic rings. The minimum absolute atomic E-state index is 0.0479. The first-order valence-electron chi connectivity index (χ1n) is 5.73. The Bertz CT molecular complexity index is 487. The highest BCUT2D eigenvalue weighted by Crippen LogP contribution is 2.01. The van der Waals surface area contributed by atoms with E-state index in [-0.39, 0.29) is 13.0 Å². The van der Waals surface area contributed by atoms with Gasteiger partial charge in [-0.05, 0) is 12.5 Å². The first-order valence-corrected chi connectivity index (χ1v) is 5.73. The van der Waals surface area contributed by atoms with Crippen LogP contribution in [0.5, 0.6) is 0 Å². The second-order valence-corrected chi connectivity index (χ2v) is 3.73. The molecule has 0 spiro atoms. The van der Waals surface area contributed by atoms with Crippen molar-refractivity contribution in [1.82, 2.24) is 5.32 Å². The Morgan fingerprint density at radius 3 is 2.63 bits per heavy atom. The fraction of sp³-hybridized carbons (Fsp3) is 0.286. The summed E-state index contributed by atoms with van der Waals surface area (Å²) >= 11 is 0. The third-order valence-corrected chi connectivity index (χ3v) is 2.29. The molecule has 1 aromatic carbocycles. The van der Waals surface area contributed by atoms with E-state index in [0.717, 1.165) is 5.56 Å². The van der Waals surface area contributed by atoms with Crippen molar-refractivity contribution < 1.29 is 19.4 Å². The Balaban J connectivity index is 2.44. The number of carbonyl (C=O) groups excluding carboxylic acids is 1. The molecule has 1 amide bonds. The lowest BCUT2D eigenvalue weighted by Crippen LogP contribution is -2.40. The molecule has 0 saturated heterocycles. The summed E-state index contributed by atoms with van der Waals surface area (Å²) in [5, 5.41) is 11.2. The molecule has 0 unspecified atom stereocenters. The van der Waals surface area contributed by atoms with Gasteiger partial charge in [-0.1, -0.05) is 30.3 Å². The van der Waals surface area contributed by atoms with E-state index in [1.165, 1.54) is 0 Å². The van der Waals surface area contributed by atoms with Crippen molar-refractivity contribution in [2.24, 2.45) is 0 Å². The zero-order valence-corrected chi connectivity index (χ0v) is 10.6. The highest BCUT2D eigenvalue weighted by molar-refractivity contribution is 5.80. The Morgan fingerprint density at radius 2 is 2.05 bits per heavy atom. The number of aliphatic carboxylic acids is 1. The maximum Gasteiger partial charge on any atom is 0.408 e. The summed E-state index contributed by atoms with van der Waals surface area (Å²) in [6.45, 7) is 1.70. The standard InChI is InChI=1S/C14H15NO4/c1-2-3-9-12(13(16)17)15-14(18)19-10-11-7-5-4-6-8-11/h4-8,12H,9-10H2,1H3,(H,15,18)(H,16,17)/t12-/m1/s1. The SMILES string of the molecule is CC#CC[C@@H](NC(=O)OCc1ccccc1)C(=O)O. The van der Waals surface area contributed by atoms with Gasteiger partial charge in [0.2, 0.25) is 0 Å². The molecule has 0 radical (unpaired) electrons. The van der Waals surface area contributed by atoms with Crippen molar-refractivity contribution in [2.45, 2.75) is 26.0 Å². The van der Waals surface area contributed by atoms with E-state index in [0.29, 0.717) is 0 Å². The molecule has 0 aliphatic heterocycles. The summed E-state index contributed by atoms with van der Waals surface area (Å²) in [6.07, 6.45) is -0.721. The monoisotopic (exact) mass is 261 g/mol. The Morgan fingerprint density at radius 1 is 1.37 bits per heavy atom. The number of hydrogen-bond acceptors (Lipinski definition) is 3. The zero-order valence-electron chi connectivity index (χ0n) is 10.6. The molecule has 0 heterocycles. The van der Waals surface area contributed by atoms with Gasteiger partial charge >= 0.3 is 12.1 Å². The molecule has 0 bridgehead atoms.